The Hall–Kier alpha value is -1.40. The van der Waals surface area contributed by atoms with Gasteiger partial charge < -0.3 is 9.16 Å². The fraction of sp³-hybridized carbons (Fsp3) is 0.571. The van der Waals surface area contributed by atoms with Crippen molar-refractivity contribution in [2.75, 3.05) is 13.2 Å². The van der Waals surface area contributed by atoms with Crippen LogP contribution in [0.2, 0.25) is 19.1 Å². The van der Waals surface area contributed by atoms with E-state index in [-0.39, 0.29) is 5.69 Å². The van der Waals surface area contributed by atoms with Crippen LogP contribution in [0.5, 0.6) is 5.75 Å². The molecule has 0 aliphatic rings. The van der Waals surface area contributed by atoms with Gasteiger partial charge in [-0.3, -0.25) is 10.1 Å². The molecule has 0 aliphatic heterocycles. The molecule has 0 aromatic heterocycles. The minimum atomic E-state index is -1.58. The molecular weight excluding hydrogens is 274 g/mol. The number of hydrogen-bond acceptors (Lipinski definition) is 4. The quantitative estimate of drug-likeness (QED) is 0.299. The second kappa shape index (κ2) is 8.01. The van der Waals surface area contributed by atoms with Gasteiger partial charge in [-0.25, -0.2) is 0 Å². The monoisotopic (exact) mass is 297 g/mol. The summed E-state index contributed by atoms with van der Waals surface area (Å²) in [4.78, 5) is 10.2. The average Bonchev–Trinajstić information content (AvgIpc) is 2.42. The van der Waals surface area contributed by atoms with Gasteiger partial charge in [-0.05, 0) is 25.2 Å². The van der Waals surface area contributed by atoms with Gasteiger partial charge in [0.25, 0.3) is 5.69 Å². The number of nitrogens with zero attached hydrogens (tertiary/aromatic N) is 1. The van der Waals surface area contributed by atoms with Crippen LogP contribution in [0.1, 0.15) is 19.8 Å². The molecule has 0 spiro atoms. The third-order valence-corrected chi connectivity index (χ3v) is 5.55. The molecule has 0 heterocycles. The van der Waals surface area contributed by atoms with E-state index in [9.17, 15) is 10.1 Å². The van der Waals surface area contributed by atoms with E-state index < -0.39 is 13.2 Å². The highest BCUT2D eigenvalue weighted by Crippen LogP contribution is 2.19. The first-order valence-electron chi connectivity index (χ1n) is 6.96. The molecule has 0 unspecified atom stereocenters. The molecule has 0 atom stereocenters. The Bertz CT molecular complexity index is 437. The minimum Gasteiger partial charge on any atom is -0.491 e. The fourth-order valence-electron chi connectivity index (χ4n) is 1.84. The topological polar surface area (TPSA) is 61.6 Å². The van der Waals surface area contributed by atoms with Gasteiger partial charge in [0.1, 0.15) is 12.4 Å². The Morgan fingerprint density at radius 1 is 1.30 bits per heavy atom. The summed E-state index contributed by atoms with van der Waals surface area (Å²) in [5.74, 6) is 0.510. The molecule has 112 valence electrons. The van der Waals surface area contributed by atoms with E-state index in [1.165, 1.54) is 25.0 Å². The van der Waals surface area contributed by atoms with Crippen molar-refractivity contribution in [1.29, 1.82) is 0 Å². The maximum absolute atomic E-state index is 10.6. The molecular formula is C14H23NO4Si. The van der Waals surface area contributed by atoms with Crippen molar-refractivity contribution in [2.24, 2.45) is 0 Å². The zero-order valence-corrected chi connectivity index (χ0v) is 13.4. The van der Waals surface area contributed by atoms with Crippen molar-refractivity contribution in [3.8, 4) is 5.75 Å². The second-order valence-electron chi connectivity index (χ2n) is 5.31. The van der Waals surface area contributed by atoms with E-state index in [4.69, 9.17) is 9.16 Å². The van der Waals surface area contributed by atoms with Crippen LogP contribution >= 0.6 is 0 Å². The van der Waals surface area contributed by atoms with Gasteiger partial charge >= 0.3 is 0 Å². The van der Waals surface area contributed by atoms with Crippen LogP contribution in [0, 0.1) is 10.1 Å². The Morgan fingerprint density at radius 3 is 2.70 bits per heavy atom. The van der Waals surface area contributed by atoms with Crippen molar-refractivity contribution >= 4 is 14.0 Å². The molecule has 20 heavy (non-hydrogen) atoms. The van der Waals surface area contributed by atoms with E-state index in [0.717, 1.165) is 6.04 Å². The fourth-order valence-corrected chi connectivity index (χ4v) is 3.82. The van der Waals surface area contributed by atoms with Crippen LogP contribution in [-0.2, 0) is 4.43 Å². The zero-order valence-electron chi connectivity index (χ0n) is 12.4. The summed E-state index contributed by atoms with van der Waals surface area (Å²) in [6.45, 7) is 7.54. The molecule has 1 rings (SSSR count). The summed E-state index contributed by atoms with van der Waals surface area (Å²) in [5.41, 5.74) is 0.0427. The van der Waals surface area contributed by atoms with Crippen molar-refractivity contribution < 1.29 is 14.1 Å². The summed E-state index contributed by atoms with van der Waals surface area (Å²) < 4.78 is 11.4. The maximum atomic E-state index is 10.6. The number of benzene rings is 1. The molecule has 5 nitrogen and oxygen atoms in total. The molecule has 0 fully saturated rings. The Balaban J connectivity index is 2.34. The summed E-state index contributed by atoms with van der Waals surface area (Å²) in [5, 5.41) is 10.6. The number of hydrogen-bond donors (Lipinski definition) is 0. The average molecular weight is 297 g/mol. The van der Waals surface area contributed by atoms with Crippen LogP contribution in [0.15, 0.2) is 24.3 Å². The Morgan fingerprint density at radius 2 is 2.05 bits per heavy atom. The summed E-state index contributed by atoms with van der Waals surface area (Å²) >= 11 is 0. The SMILES string of the molecule is CCCC[Si](C)(C)OCCOc1cccc([N+](=O)[O-])c1. The van der Waals surface area contributed by atoms with E-state index in [1.807, 2.05) is 0 Å². The first kappa shape index (κ1) is 16.7. The van der Waals surface area contributed by atoms with Crippen molar-refractivity contribution in [3.05, 3.63) is 34.4 Å². The number of nitro groups is 1. The number of unbranched alkanes of at least 4 members (excludes halogenated alkanes) is 1. The van der Waals surface area contributed by atoms with Crippen LogP contribution < -0.4 is 4.74 Å². The third-order valence-electron chi connectivity index (χ3n) is 3.01. The Kier molecular flexibility index (Phi) is 6.67. The van der Waals surface area contributed by atoms with Crippen LogP contribution in [0.4, 0.5) is 5.69 Å². The summed E-state index contributed by atoms with van der Waals surface area (Å²) in [6.07, 6.45) is 2.38. The van der Waals surface area contributed by atoms with Gasteiger partial charge in [0.2, 0.25) is 0 Å². The van der Waals surface area contributed by atoms with Crippen LogP contribution in [0.3, 0.4) is 0 Å². The number of rotatable bonds is 9. The molecule has 1 aromatic rings. The highest BCUT2D eigenvalue weighted by atomic mass is 28.4. The first-order chi connectivity index (χ1) is 9.44. The largest absolute Gasteiger partial charge is 0.491 e. The number of non-ortho nitro benzene ring substituents is 1. The van der Waals surface area contributed by atoms with Gasteiger partial charge in [-0.2, -0.15) is 0 Å². The normalized spacial score (nSPS) is 11.3. The standard InChI is InChI=1S/C14H23NO4Si/c1-4-5-11-20(2,3)19-10-9-18-14-8-6-7-13(12-14)15(16)17/h6-8,12H,4-5,9-11H2,1-3H3. The van der Waals surface area contributed by atoms with Gasteiger partial charge in [0.05, 0.1) is 17.6 Å². The summed E-state index contributed by atoms with van der Waals surface area (Å²) in [7, 11) is -1.58. The second-order valence-corrected chi connectivity index (χ2v) is 9.62. The summed E-state index contributed by atoms with van der Waals surface area (Å²) in [6, 6.07) is 7.37. The molecule has 0 radical (unpaired) electrons. The molecule has 6 heteroatoms. The molecule has 0 saturated heterocycles. The molecule has 0 aliphatic carbocycles. The van der Waals surface area contributed by atoms with Crippen molar-refractivity contribution in [3.63, 3.8) is 0 Å². The lowest BCUT2D eigenvalue weighted by Crippen LogP contribution is -2.31. The lowest BCUT2D eigenvalue weighted by atomic mass is 10.3. The lowest BCUT2D eigenvalue weighted by Gasteiger charge is -2.22. The number of nitro benzene ring substituents is 1. The predicted molar refractivity (Wildman–Crippen MR) is 81.7 cm³/mol. The number of ether oxygens (including phenoxy) is 1. The van der Waals surface area contributed by atoms with Crippen LogP contribution in [0.25, 0.3) is 0 Å². The predicted octanol–water partition coefficient (Wildman–Crippen LogP) is 4.00. The van der Waals surface area contributed by atoms with Gasteiger partial charge in [0, 0.05) is 6.07 Å². The molecule has 1 aromatic carbocycles. The van der Waals surface area contributed by atoms with Crippen molar-refractivity contribution in [1.82, 2.24) is 0 Å². The van der Waals surface area contributed by atoms with E-state index in [2.05, 4.69) is 20.0 Å². The Labute approximate surface area is 121 Å². The third kappa shape index (κ3) is 6.16. The van der Waals surface area contributed by atoms with Gasteiger partial charge in [-0.15, -0.1) is 0 Å². The zero-order chi connectivity index (χ0) is 15.0. The van der Waals surface area contributed by atoms with E-state index >= 15 is 0 Å². The molecule has 0 amide bonds. The molecule has 0 bridgehead atoms. The van der Waals surface area contributed by atoms with E-state index in [1.54, 1.807) is 12.1 Å². The van der Waals surface area contributed by atoms with Gasteiger partial charge in [0.15, 0.2) is 8.32 Å². The highest BCUT2D eigenvalue weighted by Gasteiger charge is 2.21. The first-order valence-corrected chi connectivity index (χ1v) is 10.1. The lowest BCUT2D eigenvalue weighted by molar-refractivity contribution is -0.384. The van der Waals surface area contributed by atoms with Crippen LogP contribution in [-0.4, -0.2) is 26.5 Å². The minimum absolute atomic E-state index is 0.0427. The molecule has 0 N–H and O–H groups in total. The van der Waals surface area contributed by atoms with E-state index in [0.29, 0.717) is 19.0 Å². The van der Waals surface area contributed by atoms with Gasteiger partial charge in [-0.1, -0.05) is 25.8 Å². The smallest absolute Gasteiger partial charge is 0.273 e. The highest BCUT2D eigenvalue weighted by molar-refractivity contribution is 6.71. The van der Waals surface area contributed by atoms with Crippen molar-refractivity contribution in [2.45, 2.75) is 38.9 Å². The molecule has 0 saturated carbocycles. The maximum Gasteiger partial charge on any atom is 0.273 e.